The summed E-state index contributed by atoms with van der Waals surface area (Å²) in [6.45, 7) is 3.82. The molecule has 1 amide bonds. The molecule has 0 unspecified atom stereocenters. The lowest BCUT2D eigenvalue weighted by molar-refractivity contribution is -0.115. The number of nitrogens with zero attached hydrogens (tertiary/aromatic N) is 4. The van der Waals surface area contributed by atoms with Gasteiger partial charge in [-0.3, -0.25) is 4.79 Å². The molecule has 0 aliphatic rings. The first-order valence-corrected chi connectivity index (χ1v) is 11.1. The fourth-order valence-electron chi connectivity index (χ4n) is 3.28. The van der Waals surface area contributed by atoms with E-state index in [1.807, 2.05) is 73.1 Å². The average Bonchev–Trinajstić information content (AvgIpc) is 3.39. The van der Waals surface area contributed by atoms with E-state index < -0.39 is 0 Å². The molecule has 2 aromatic carbocycles. The van der Waals surface area contributed by atoms with E-state index in [1.54, 1.807) is 7.11 Å². The van der Waals surface area contributed by atoms with Crippen LogP contribution in [0.1, 0.15) is 17.8 Å². The highest BCUT2D eigenvalue weighted by atomic mass is 32.2. The largest absolute Gasteiger partial charge is 0.496 e. The molecule has 0 bridgehead atoms. The van der Waals surface area contributed by atoms with Crippen molar-refractivity contribution < 1.29 is 13.9 Å². The highest BCUT2D eigenvalue weighted by molar-refractivity contribution is 7.99. The van der Waals surface area contributed by atoms with Crippen LogP contribution in [-0.4, -0.2) is 38.7 Å². The van der Waals surface area contributed by atoms with Crippen LogP contribution in [0.25, 0.3) is 17.1 Å². The molecule has 0 aliphatic carbocycles. The van der Waals surface area contributed by atoms with Crippen molar-refractivity contribution in [1.82, 2.24) is 20.0 Å². The van der Waals surface area contributed by atoms with Crippen LogP contribution in [0.2, 0.25) is 0 Å². The Labute approximate surface area is 190 Å². The van der Waals surface area contributed by atoms with E-state index in [1.165, 1.54) is 11.8 Å². The van der Waals surface area contributed by atoms with E-state index in [9.17, 15) is 4.79 Å². The van der Waals surface area contributed by atoms with E-state index >= 15 is 0 Å². The van der Waals surface area contributed by atoms with Crippen LogP contribution in [0, 0.1) is 13.8 Å². The number of rotatable bonds is 8. The number of hydrogen-bond acceptors (Lipinski definition) is 7. The molecule has 9 heteroatoms. The Morgan fingerprint density at radius 1 is 1.09 bits per heavy atom. The van der Waals surface area contributed by atoms with E-state index in [0.29, 0.717) is 29.0 Å². The molecule has 2 aromatic heterocycles. The molecule has 0 saturated carbocycles. The first kappa shape index (κ1) is 21.6. The monoisotopic (exact) mass is 449 g/mol. The minimum atomic E-state index is -0.0965. The van der Waals surface area contributed by atoms with Gasteiger partial charge in [0.2, 0.25) is 5.91 Å². The Balaban J connectivity index is 1.35. The van der Waals surface area contributed by atoms with Gasteiger partial charge in [0, 0.05) is 12.2 Å². The van der Waals surface area contributed by atoms with Crippen LogP contribution >= 0.6 is 11.8 Å². The van der Waals surface area contributed by atoms with Crippen molar-refractivity contribution >= 4 is 23.4 Å². The summed E-state index contributed by atoms with van der Waals surface area (Å²) in [7, 11) is 1.59. The smallest absolute Gasteiger partial charge is 0.276 e. The van der Waals surface area contributed by atoms with Gasteiger partial charge in [0.25, 0.3) is 11.1 Å². The summed E-state index contributed by atoms with van der Waals surface area (Å²) in [6, 6.07) is 17.3. The number of thioether (sulfide) groups is 1. The summed E-state index contributed by atoms with van der Waals surface area (Å²) in [4.78, 5) is 12.5. The maximum Gasteiger partial charge on any atom is 0.276 e. The van der Waals surface area contributed by atoms with Gasteiger partial charge in [0.15, 0.2) is 0 Å². The number of methoxy groups -OCH3 is 1. The number of nitrogens with one attached hydrogen (secondary N) is 1. The third-order valence-corrected chi connectivity index (χ3v) is 5.68. The minimum absolute atomic E-state index is 0.0965. The normalized spacial score (nSPS) is 10.8. The van der Waals surface area contributed by atoms with Crippen molar-refractivity contribution in [2.75, 3.05) is 18.2 Å². The van der Waals surface area contributed by atoms with Crippen molar-refractivity contribution in [3.05, 3.63) is 66.0 Å². The molecule has 0 radical (unpaired) electrons. The molecule has 0 saturated heterocycles. The zero-order valence-corrected chi connectivity index (χ0v) is 18.8. The van der Waals surface area contributed by atoms with Crippen LogP contribution in [0.3, 0.4) is 0 Å². The summed E-state index contributed by atoms with van der Waals surface area (Å²) in [5.41, 5.74) is 4.07. The molecule has 0 atom stereocenters. The van der Waals surface area contributed by atoms with E-state index in [4.69, 9.17) is 9.15 Å². The van der Waals surface area contributed by atoms with Gasteiger partial charge in [-0.1, -0.05) is 42.1 Å². The van der Waals surface area contributed by atoms with Gasteiger partial charge in [-0.15, -0.1) is 10.2 Å². The van der Waals surface area contributed by atoms with Crippen LogP contribution < -0.4 is 10.1 Å². The second-order valence-corrected chi connectivity index (χ2v) is 8.06. The Bertz CT molecular complexity index is 1220. The third-order valence-electron chi connectivity index (χ3n) is 4.85. The van der Waals surface area contributed by atoms with Crippen LogP contribution in [-0.2, 0) is 4.79 Å². The van der Waals surface area contributed by atoms with Gasteiger partial charge in [-0.25, -0.2) is 4.68 Å². The predicted molar refractivity (Wildman–Crippen MR) is 123 cm³/mol. The van der Waals surface area contributed by atoms with Crippen molar-refractivity contribution in [2.24, 2.45) is 0 Å². The summed E-state index contributed by atoms with van der Waals surface area (Å²) < 4.78 is 12.9. The summed E-state index contributed by atoms with van der Waals surface area (Å²) in [5.74, 6) is 1.45. The van der Waals surface area contributed by atoms with Crippen molar-refractivity contribution in [3.8, 4) is 22.9 Å². The number of aryl methyl sites for hydroxylation is 1. The van der Waals surface area contributed by atoms with Crippen LogP contribution in [0.15, 0.2) is 64.2 Å². The number of ether oxygens (including phenoxy) is 1. The fraction of sp³-hybridized carbons (Fsp3) is 0.217. The van der Waals surface area contributed by atoms with E-state index in [0.717, 1.165) is 28.3 Å². The quantitative estimate of drug-likeness (QED) is 0.391. The van der Waals surface area contributed by atoms with Gasteiger partial charge in [-0.05, 0) is 38.1 Å². The van der Waals surface area contributed by atoms with Crippen molar-refractivity contribution in [3.63, 3.8) is 0 Å². The highest BCUT2D eigenvalue weighted by Gasteiger charge is 2.16. The molecule has 0 spiro atoms. The van der Waals surface area contributed by atoms with Gasteiger partial charge in [-0.2, -0.15) is 5.10 Å². The number of benzene rings is 2. The first-order valence-electron chi connectivity index (χ1n) is 10.1. The molecule has 8 nitrogen and oxygen atoms in total. The third kappa shape index (κ3) is 4.67. The lowest BCUT2D eigenvalue weighted by atomic mass is 10.2. The Kier molecular flexibility index (Phi) is 6.55. The van der Waals surface area contributed by atoms with Gasteiger partial charge in [0.05, 0.1) is 35.4 Å². The Hall–Kier alpha value is -3.59. The summed E-state index contributed by atoms with van der Waals surface area (Å²) in [5, 5.41) is 16.1. The molecule has 1 N–H and O–H groups in total. The molecule has 164 valence electrons. The van der Waals surface area contributed by atoms with Crippen molar-refractivity contribution in [2.45, 2.75) is 25.5 Å². The first-order chi connectivity index (χ1) is 15.6. The molecule has 4 rings (SSSR count). The second-order valence-electron chi connectivity index (χ2n) is 7.01. The highest BCUT2D eigenvalue weighted by Crippen LogP contribution is 2.30. The SMILES string of the molecule is COc1ccccc1-c1nnc(SCCC(=O)Nc2c(C)nn(-c3ccccc3)c2C)o1. The fourth-order valence-corrected chi connectivity index (χ4v) is 3.97. The number of hydrogen-bond donors (Lipinski definition) is 1. The maximum absolute atomic E-state index is 12.5. The van der Waals surface area contributed by atoms with Gasteiger partial charge in [0.1, 0.15) is 5.75 Å². The number of amides is 1. The minimum Gasteiger partial charge on any atom is -0.496 e. The molecular formula is C23H23N5O3S. The molecule has 32 heavy (non-hydrogen) atoms. The molecule has 0 aliphatic heterocycles. The van der Waals surface area contributed by atoms with E-state index in [-0.39, 0.29) is 5.91 Å². The van der Waals surface area contributed by atoms with Gasteiger partial charge < -0.3 is 14.5 Å². The lowest BCUT2D eigenvalue weighted by Crippen LogP contribution is -2.13. The number of aromatic nitrogens is 4. The molecule has 2 heterocycles. The standard InChI is InChI=1S/C23H23N5O3S/c1-15-21(16(2)28(27-15)17-9-5-4-6-10-17)24-20(29)13-14-32-23-26-25-22(31-23)18-11-7-8-12-19(18)30-3/h4-12H,13-14H2,1-3H3,(H,24,29). The second kappa shape index (κ2) is 9.69. The number of carbonyl (C=O) groups is 1. The topological polar surface area (TPSA) is 95.1 Å². The molecule has 0 fully saturated rings. The Morgan fingerprint density at radius 2 is 1.84 bits per heavy atom. The lowest BCUT2D eigenvalue weighted by Gasteiger charge is -2.07. The summed E-state index contributed by atoms with van der Waals surface area (Å²) in [6.07, 6.45) is 0.298. The zero-order chi connectivity index (χ0) is 22.5. The van der Waals surface area contributed by atoms with E-state index in [2.05, 4.69) is 20.6 Å². The number of carbonyl (C=O) groups excluding carboxylic acids is 1. The molecule has 4 aromatic rings. The van der Waals surface area contributed by atoms with Gasteiger partial charge >= 0.3 is 0 Å². The van der Waals surface area contributed by atoms with Crippen LogP contribution in [0.5, 0.6) is 5.75 Å². The molecular weight excluding hydrogens is 426 g/mol. The zero-order valence-electron chi connectivity index (χ0n) is 18.0. The number of para-hydroxylation sites is 2. The van der Waals surface area contributed by atoms with Crippen LogP contribution in [0.4, 0.5) is 5.69 Å². The average molecular weight is 450 g/mol. The predicted octanol–water partition coefficient (Wildman–Crippen LogP) is 4.67. The summed E-state index contributed by atoms with van der Waals surface area (Å²) >= 11 is 1.34. The maximum atomic E-state index is 12.5. The number of anilines is 1. The Morgan fingerprint density at radius 3 is 2.62 bits per heavy atom. The van der Waals surface area contributed by atoms with Crippen molar-refractivity contribution in [1.29, 1.82) is 0 Å².